The third kappa shape index (κ3) is 2.80. The molecular formula is C16H18O4S2. The summed E-state index contributed by atoms with van der Waals surface area (Å²) in [5.41, 5.74) is 1.10. The number of hydrogen-bond acceptors (Lipinski definition) is 6. The largest absolute Gasteiger partial charge is 0.504 e. The average molecular weight is 338 g/mol. The predicted molar refractivity (Wildman–Crippen MR) is 91.9 cm³/mol. The first-order valence-electron chi connectivity index (χ1n) is 6.47. The van der Waals surface area contributed by atoms with Gasteiger partial charge in [-0.1, -0.05) is 0 Å². The van der Waals surface area contributed by atoms with Crippen molar-refractivity contribution in [2.75, 3.05) is 26.7 Å². The molecule has 0 amide bonds. The van der Waals surface area contributed by atoms with Crippen LogP contribution in [0.25, 0.3) is 11.1 Å². The second-order valence-corrected chi connectivity index (χ2v) is 6.08. The standard InChI is InChI=1S/C16H18O4S2/c1-19-9-5-7-11(21-3)13(15(9)17)14-12(22-4)8-6-10(20-2)16(14)18/h5-8,17-18H,1-4H3. The molecule has 0 radical (unpaired) electrons. The molecule has 4 nitrogen and oxygen atoms in total. The number of benzene rings is 2. The molecule has 2 N–H and O–H groups in total. The zero-order valence-electron chi connectivity index (χ0n) is 12.8. The molecule has 0 aliphatic heterocycles. The highest BCUT2D eigenvalue weighted by molar-refractivity contribution is 7.99. The zero-order chi connectivity index (χ0) is 16.3. The van der Waals surface area contributed by atoms with Crippen LogP contribution in [0, 0.1) is 0 Å². The van der Waals surface area contributed by atoms with Crippen LogP contribution in [0.15, 0.2) is 34.1 Å². The van der Waals surface area contributed by atoms with Crippen molar-refractivity contribution in [1.29, 1.82) is 0 Å². The Hall–Kier alpha value is -1.66. The van der Waals surface area contributed by atoms with Gasteiger partial charge in [0.05, 0.1) is 14.2 Å². The Morgan fingerprint density at radius 2 is 1.09 bits per heavy atom. The highest BCUT2D eigenvalue weighted by Crippen LogP contribution is 2.51. The molecule has 0 bridgehead atoms. The molecular weight excluding hydrogens is 320 g/mol. The van der Waals surface area contributed by atoms with E-state index in [-0.39, 0.29) is 11.5 Å². The van der Waals surface area contributed by atoms with E-state index in [4.69, 9.17) is 9.47 Å². The first-order chi connectivity index (χ1) is 10.6. The molecule has 0 fully saturated rings. The third-order valence-electron chi connectivity index (χ3n) is 3.34. The van der Waals surface area contributed by atoms with Crippen LogP contribution in [-0.4, -0.2) is 36.9 Å². The lowest BCUT2D eigenvalue weighted by atomic mass is 10.0. The van der Waals surface area contributed by atoms with E-state index >= 15 is 0 Å². The van der Waals surface area contributed by atoms with Gasteiger partial charge in [-0.2, -0.15) is 0 Å². The van der Waals surface area contributed by atoms with Gasteiger partial charge < -0.3 is 19.7 Å². The Morgan fingerprint density at radius 1 is 0.727 bits per heavy atom. The van der Waals surface area contributed by atoms with E-state index in [0.717, 1.165) is 9.79 Å². The van der Waals surface area contributed by atoms with Crippen LogP contribution in [0.1, 0.15) is 0 Å². The van der Waals surface area contributed by atoms with Crippen molar-refractivity contribution in [3.8, 4) is 34.1 Å². The lowest BCUT2D eigenvalue weighted by molar-refractivity contribution is 0.369. The van der Waals surface area contributed by atoms with Crippen LogP contribution >= 0.6 is 23.5 Å². The summed E-state index contributed by atoms with van der Waals surface area (Å²) in [5.74, 6) is 0.741. The fourth-order valence-electron chi connectivity index (χ4n) is 2.26. The number of phenols is 2. The van der Waals surface area contributed by atoms with Crippen molar-refractivity contribution in [1.82, 2.24) is 0 Å². The van der Waals surface area contributed by atoms with Crippen LogP contribution < -0.4 is 9.47 Å². The summed E-state index contributed by atoms with van der Waals surface area (Å²) in [6.45, 7) is 0. The number of methoxy groups -OCH3 is 2. The number of ether oxygens (including phenoxy) is 2. The minimum atomic E-state index is 0.00760. The van der Waals surface area contributed by atoms with Gasteiger partial charge >= 0.3 is 0 Å². The van der Waals surface area contributed by atoms with Gasteiger partial charge in [-0.3, -0.25) is 0 Å². The second-order valence-electron chi connectivity index (χ2n) is 4.39. The molecule has 0 spiro atoms. The molecule has 6 heteroatoms. The molecule has 118 valence electrons. The van der Waals surface area contributed by atoms with Crippen LogP contribution in [0.4, 0.5) is 0 Å². The van der Waals surface area contributed by atoms with Crippen molar-refractivity contribution < 1.29 is 19.7 Å². The van der Waals surface area contributed by atoms with E-state index in [0.29, 0.717) is 22.6 Å². The Labute approximate surface area is 138 Å². The van der Waals surface area contributed by atoms with Gasteiger partial charge in [-0.05, 0) is 36.8 Å². The fraction of sp³-hybridized carbons (Fsp3) is 0.250. The molecule has 22 heavy (non-hydrogen) atoms. The minimum Gasteiger partial charge on any atom is -0.504 e. The molecule has 0 aromatic heterocycles. The molecule has 0 aliphatic rings. The number of thioether (sulfide) groups is 2. The van der Waals surface area contributed by atoms with E-state index in [1.165, 1.54) is 37.7 Å². The van der Waals surface area contributed by atoms with Crippen LogP contribution in [0.3, 0.4) is 0 Å². The number of phenolic OH excluding ortho intramolecular Hbond substituents is 2. The van der Waals surface area contributed by atoms with E-state index in [1.54, 1.807) is 12.1 Å². The summed E-state index contributed by atoms with van der Waals surface area (Å²) < 4.78 is 10.4. The highest BCUT2D eigenvalue weighted by Gasteiger charge is 2.22. The minimum absolute atomic E-state index is 0.00760. The number of rotatable bonds is 5. The third-order valence-corrected chi connectivity index (χ3v) is 4.90. The zero-order valence-corrected chi connectivity index (χ0v) is 14.5. The lowest BCUT2D eigenvalue weighted by Gasteiger charge is -2.18. The van der Waals surface area contributed by atoms with Gasteiger partial charge in [-0.25, -0.2) is 0 Å². The molecule has 2 aromatic carbocycles. The van der Waals surface area contributed by atoms with Crippen molar-refractivity contribution in [2.24, 2.45) is 0 Å². The molecule has 0 saturated heterocycles. The Bertz CT molecular complexity index is 627. The first kappa shape index (κ1) is 16.7. The summed E-state index contributed by atoms with van der Waals surface area (Å²) in [6, 6.07) is 7.14. The quantitative estimate of drug-likeness (QED) is 0.796. The molecule has 0 unspecified atom stereocenters. The van der Waals surface area contributed by atoms with Gasteiger partial charge in [0.25, 0.3) is 0 Å². The van der Waals surface area contributed by atoms with E-state index in [9.17, 15) is 10.2 Å². The summed E-state index contributed by atoms with van der Waals surface area (Å²) in [5, 5.41) is 21.1. The maximum atomic E-state index is 10.6. The highest BCUT2D eigenvalue weighted by atomic mass is 32.2. The van der Waals surface area contributed by atoms with Crippen LogP contribution in [-0.2, 0) is 0 Å². The maximum Gasteiger partial charge on any atom is 0.166 e. The SMILES string of the molecule is COc1ccc(SC)c(-c2c(SC)ccc(OC)c2O)c1O. The molecule has 2 rings (SSSR count). The predicted octanol–water partition coefficient (Wildman–Crippen LogP) is 4.23. The summed E-state index contributed by atoms with van der Waals surface area (Å²) in [7, 11) is 3.00. The fourth-order valence-corrected chi connectivity index (χ4v) is 3.47. The van der Waals surface area contributed by atoms with Crippen molar-refractivity contribution >= 4 is 23.5 Å². The van der Waals surface area contributed by atoms with E-state index in [2.05, 4.69) is 0 Å². The number of hydrogen-bond donors (Lipinski definition) is 2. The smallest absolute Gasteiger partial charge is 0.166 e. The molecule has 0 heterocycles. The molecule has 0 atom stereocenters. The topological polar surface area (TPSA) is 58.9 Å². The summed E-state index contributed by atoms with van der Waals surface area (Å²) >= 11 is 2.98. The van der Waals surface area contributed by atoms with E-state index in [1.807, 2.05) is 24.6 Å². The van der Waals surface area contributed by atoms with Crippen molar-refractivity contribution in [3.63, 3.8) is 0 Å². The lowest BCUT2D eigenvalue weighted by Crippen LogP contribution is -1.93. The van der Waals surface area contributed by atoms with Gasteiger partial charge in [0.15, 0.2) is 23.0 Å². The van der Waals surface area contributed by atoms with Gasteiger partial charge in [0.2, 0.25) is 0 Å². The van der Waals surface area contributed by atoms with Gasteiger partial charge in [0.1, 0.15) is 0 Å². The monoisotopic (exact) mass is 338 g/mol. The Balaban J connectivity index is 2.86. The summed E-state index contributed by atoms with van der Waals surface area (Å²) in [4.78, 5) is 1.69. The second kappa shape index (κ2) is 7.07. The van der Waals surface area contributed by atoms with Gasteiger partial charge in [0, 0.05) is 20.9 Å². The molecule has 0 aliphatic carbocycles. The van der Waals surface area contributed by atoms with Crippen molar-refractivity contribution in [3.05, 3.63) is 24.3 Å². The average Bonchev–Trinajstić information content (AvgIpc) is 2.54. The maximum absolute atomic E-state index is 10.6. The van der Waals surface area contributed by atoms with Gasteiger partial charge in [-0.15, -0.1) is 23.5 Å². The first-order valence-corrected chi connectivity index (χ1v) is 8.92. The Kier molecular flexibility index (Phi) is 5.37. The normalized spacial score (nSPS) is 10.5. The molecule has 0 saturated carbocycles. The summed E-state index contributed by atoms with van der Waals surface area (Å²) in [6.07, 6.45) is 3.83. The van der Waals surface area contributed by atoms with Crippen LogP contribution in [0.5, 0.6) is 23.0 Å². The Morgan fingerprint density at radius 3 is 1.36 bits per heavy atom. The van der Waals surface area contributed by atoms with Crippen LogP contribution in [0.2, 0.25) is 0 Å². The molecule has 2 aromatic rings. The van der Waals surface area contributed by atoms with Crippen molar-refractivity contribution in [2.45, 2.75) is 9.79 Å². The number of aromatic hydroxyl groups is 2. The van der Waals surface area contributed by atoms with E-state index < -0.39 is 0 Å².